The highest BCUT2D eigenvalue weighted by Crippen LogP contribution is 2.31. The third-order valence-corrected chi connectivity index (χ3v) is 6.06. The van der Waals surface area contributed by atoms with Gasteiger partial charge in [0, 0.05) is 11.1 Å². The van der Waals surface area contributed by atoms with Crippen LogP contribution >= 0.6 is 0 Å². The summed E-state index contributed by atoms with van der Waals surface area (Å²) < 4.78 is 66.3. The molecule has 4 rings (SSSR count). The number of aromatic carboxylic acids is 1. The topological polar surface area (TPSA) is 112 Å². The van der Waals surface area contributed by atoms with Gasteiger partial charge < -0.3 is 5.11 Å². The van der Waals surface area contributed by atoms with Crippen molar-refractivity contribution in [1.29, 1.82) is 0 Å². The Morgan fingerprint density at radius 1 is 0.969 bits per heavy atom. The molecule has 7 nitrogen and oxygen atoms in total. The molecule has 11 heteroatoms. The van der Waals surface area contributed by atoms with Crippen molar-refractivity contribution >= 4 is 32.6 Å². The molecular formula is C21H14F3N3O4S. The van der Waals surface area contributed by atoms with Crippen LogP contribution in [0.15, 0.2) is 71.6 Å². The number of hydrogen-bond acceptors (Lipinski definition) is 4. The molecule has 0 unspecified atom stereocenters. The molecule has 0 atom stereocenters. The summed E-state index contributed by atoms with van der Waals surface area (Å²) in [5.74, 6) is -1.17. The largest absolute Gasteiger partial charge is 0.476 e. The van der Waals surface area contributed by atoms with Crippen LogP contribution in [0.1, 0.15) is 16.1 Å². The summed E-state index contributed by atoms with van der Waals surface area (Å²) in [6.45, 7) is 0. The minimum absolute atomic E-state index is 0.117. The molecule has 0 fully saturated rings. The molecule has 1 heterocycles. The number of carboxylic acids is 1. The molecule has 3 aromatic carbocycles. The number of benzene rings is 3. The van der Waals surface area contributed by atoms with Crippen molar-refractivity contribution in [3.05, 3.63) is 78.0 Å². The van der Waals surface area contributed by atoms with Crippen LogP contribution in [0.5, 0.6) is 0 Å². The highest BCUT2D eigenvalue weighted by Gasteiger charge is 2.31. The second-order valence-electron chi connectivity index (χ2n) is 6.85. The summed E-state index contributed by atoms with van der Waals surface area (Å²) in [4.78, 5) is 10.7. The average Bonchev–Trinajstić information content (AvgIpc) is 3.17. The monoisotopic (exact) mass is 461 g/mol. The number of aromatic amines is 1. The lowest BCUT2D eigenvalue weighted by atomic mass is 10.0. The SMILES string of the molecule is O=C(O)c1n[nH]c2cc(-c3cccc(NS(=O)(=O)c4cccc(C(F)(F)F)c4)c3)ccc12. The predicted octanol–water partition coefficient (Wildman–Crippen LogP) is 4.75. The van der Waals surface area contributed by atoms with Crippen LogP contribution in [0, 0.1) is 0 Å². The molecule has 0 saturated carbocycles. The number of nitrogens with one attached hydrogen (secondary N) is 2. The van der Waals surface area contributed by atoms with Crippen LogP contribution in [0.3, 0.4) is 0 Å². The summed E-state index contributed by atoms with van der Waals surface area (Å²) in [6.07, 6.45) is -4.67. The maximum Gasteiger partial charge on any atom is 0.416 e. The van der Waals surface area contributed by atoms with E-state index in [1.165, 1.54) is 12.1 Å². The third-order valence-electron chi connectivity index (χ3n) is 4.69. The summed E-state index contributed by atoms with van der Waals surface area (Å²) in [6, 6.07) is 14.6. The van der Waals surface area contributed by atoms with E-state index in [2.05, 4.69) is 14.9 Å². The first-order valence-electron chi connectivity index (χ1n) is 9.06. The molecule has 0 aliphatic heterocycles. The normalized spacial score (nSPS) is 12.1. The smallest absolute Gasteiger partial charge is 0.416 e. The number of halogens is 3. The van der Waals surface area contributed by atoms with Gasteiger partial charge in [0.2, 0.25) is 0 Å². The summed E-state index contributed by atoms with van der Waals surface area (Å²) in [7, 11) is -4.27. The van der Waals surface area contributed by atoms with E-state index >= 15 is 0 Å². The van der Waals surface area contributed by atoms with Crippen molar-refractivity contribution in [2.75, 3.05) is 4.72 Å². The molecule has 0 aliphatic carbocycles. The zero-order valence-corrected chi connectivity index (χ0v) is 16.8. The quantitative estimate of drug-likeness (QED) is 0.397. The molecule has 32 heavy (non-hydrogen) atoms. The molecule has 0 saturated heterocycles. The van der Waals surface area contributed by atoms with Crippen molar-refractivity contribution in [3.63, 3.8) is 0 Å². The van der Waals surface area contributed by atoms with Crippen LogP contribution in [0.2, 0.25) is 0 Å². The first-order chi connectivity index (χ1) is 15.0. The van der Waals surface area contributed by atoms with Crippen molar-refractivity contribution in [2.24, 2.45) is 0 Å². The number of rotatable bonds is 5. The van der Waals surface area contributed by atoms with E-state index in [4.69, 9.17) is 5.11 Å². The lowest BCUT2D eigenvalue weighted by Crippen LogP contribution is -2.14. The van der Waals surface area contributed by atoms with Gasteiger partial charge in [-0.1, -0.05) is 24.3 Å². The summed E-state index contributed by atoms with van der Waals surface area (Å²) >= 11 is 0. The van der Waals surface area contributed by atoms with Gasteiger partial charge in [0.05, 0.1) is 16.0 Å². The van der Waals surface area contributed by atoms with Crippen LogP contribution in [-0.2, 0) is 16.2 Å². The Labute approximate surface area is 179 Å². The number of hydrogen-bond donors (Lipinski definition) is 3. The van der Waals surface area contributed by atoms with Gasteiger partial charge in [-0.3, -0.25) is 9.82 Å². The molecule has 0 amide bonds. The van der Waals surface area contributed by atoms with Gasteiger partial charge in [-0.05, 0) is 53.6 Å². The van der Waals surface area contributed by atoms with Gasteiger partial charge in [0.25, 0.3) is 10.0 Å². The molecular weight excluding hydrogens is 447 g/mol. The Bertz CT molecular complexity index is 1450. The van der Waals surface area contributed by atoms with Gasteiger partial charge in [0.1, 0.15) is 0 Å². The van der Waals surface area contributed by atoms with Crippen LogP contribution in [-0.4, -0.2) is 29.7 Å². The molecule has 3 N–H and O–H groups in total. The lowest BCUT2D eigenvalue weighted by molar-refractivity contribution is -0.137. The number of anilines is 1. The molecule has 0 bridgehead atoms. The zero-order valence-electron chi connectivity index (χ0n) is 16.0. The van der Waals surface area contributed by atoms with Gasteiger partial charge >= 0.3 is 12.1 Å². The van der Waals surface area contributed by atoms with E-state index in [9.17, 15) is 26.4 Å². The van der Waals surface area contributed by atoms with Crippen molar-refractivity contribution < 1.29 is 31.5 Å². The number of H-pyrrole nitrogens is 1. The van der Waals surface area contributed by atoms with Crippen LogP contribution < -0.4 is 4.72 Å². The Kier molecular flexibility index (Phi) is 5.13. The Balaban J connectivity index is 1.65. The van der Waals surface area contributed by atoms with E-state index in [0.29, 0.717) is 28.1 Å². The second-order valence-corrected chi connectivity index (χ2v) is 8.53. The fourth-order valence-corrected chi connectivity index (χ4v) is 4.27. The predicted molar refractivity (Wildman–Crippen MR) is 111 cm³/mol. The number of nitrogens with zero attached hydrogens (tertiary/aromatic N) is 1. The molecule has 1 aromatic heterocycles. The molecule has 164 valence electrons. The van der Waals surface area contributed by atoms with Crippen molar-refractivity contribution in [1.82, 2.24) is 10.2 Å². The first-order valence-corrected chi connectivity index (χ1v) is 10.5. The van der Waals surface area contributed by atoms with Gasteiger partial charge in [0.15, 0.2) is 5.69 Å². The number of carbonyl (C=O) groups is 1. The maximum atomic E-state index is 12.9. The zero-order chi connectivity index (χ0) is 23.1. The lowest BCUT2D eigenvalue weighted by Gasteiger charge is -2.12. The highest BCUT2D eigenvalue weighted by molar-refractivity contribution is 7.92. The van der Waals surface area contributed by atoms with Crippen molar-refractivity contribution in [3.8, 4) is 11.1 Å². The third kappa shape index (κ3) is 4.14. The molecule has 0 spiro atoms. The van der Waals surface area contributed by atoms with Gasteiger partial charge in [-0.25, -0.2) is 13.2 Å². The van der Waals surface area contributed by atoms with E-state index in [-0.39, 0.29) is 11.4 Å². The minimum atomic E-state index is -4.67. The summed E-state index contributed by atoms with van der Waals surface area (Å²) in [5, 5.41) is 16.0. The van der Waals surface area contributed by atoms with Gasteiger partial charge in [-0.2, -0.15) is 18.3 Å². The van der Waals surface area contributed by atoms with Gasteiger partial charge in [-0.15, -0.1) is 0 Å². The molecule has 4 aromatic rings. The standard InChI is InChI=1S/C21H14F3N3O4S/c22-21(23,24)14-4-2-6-16(11-14)32(30,31)27-15-5-1-3-12(9-15)13-7-8-17-18(10-13)25-26-19(17)20(28)29/h1-11,27H,(H,25,26)(H,28,29). The fourth-order valence-electron chi connectivity index (χ4n) is 3.18. The number of alkyl halides is 3. The van der Waals surface area contributed by atoms with E-state index in [1.807, 2.05) is 0 Å². The number of aromatic nitrogens is 2. The van der Waals surface area contributed by atoms with E-state index in [1.54, 1.807) is 30.3 Å². The number of carboxylic acid groups (broad SMARTS) is 1. The molecule has 0 radical (unpaired) electrons. The van der Waals surface area contributed by atoms with E-state index in [0.717, 1.165) is 18.2 Å². The number of fused-ring (bicyclic) bond motifs is 1. The molecule has 0 aliphatic rings. The Morgan fingerprint density at radius 3 is 2.41 bits per heavy atom. The van der Waals surface area contributed by atoms with Crippen molar-refractivity contribution in [2.45, 2.75) is 11.1 Å². The highest BCUT2D eigenvalue weighted by atomic mass is 32.2. The van der Waals surface area contributed by atoms with Crippen LogP contribution in [0.4, 0.5) is 18.9 Å². The second kappa shape index (κ2) is 7.68. The maximum absolute atomic E-state index is 12.9. The summed E-state index contributed by atoms with van der Waals surface area (Å²) in [5.41, 5.74) is 0.698. The minimum Gasteiger partial charge on any atom is -0.476 e. The van der Waals surface area contributed by atoms with Crippen LogP contribution in [0.25, 0.3) is 22.0 Å². The fraction of sp³-hybridized carbons (Fsp3) is 0.0476. The Morgan fingerprint density at radius 2 is 1.69 bits per heavy atom. The number of sulfonamides is 1. The first kappa shape index (κ1) is 21.4. The Hall–Kier alpha value is -3.86. The average molecular weight is 461 g/mol. The van der Waals surface area contributed by atoms with E-state index < -0.39 is 32.6 Å².